The Morgan fingerprint density at radius 1 is 1.43 bits per heavy atom. The molecule has 2 nitrogen and oxygen atoms in total. The Bertz CT molecular complexity index is 305. The number of carbonyl (C=O) groups excluding carboxylic acids is 1. The summed E-state index contributed by atoms with van der Waals surface area (Å²) in [6.07, 6.45) is 1.99. The standard InChI is InChI=1S/C12H14NO/c1-3-12(14)13-10(2)9-11-7-5-4-6-8-11/h3-8,10H,1-2,9H2,(H,13,14). The van der Waals surface area contributed by atoms with Crippen LogP contribution in [0.3, 0.4) is 0 Å². The summed E-state index contributed by atoms with van der Waals surface area (Å²) in [5, 5.41) is 2.71. The minimum absolute atomic E-state index is 0.108. The van der Waals surface area contributed by atoms with E-state index in [0.717, 1.165) is 12.0 Å². The summed E-state index contributed by atoms with van der Waals surface area (Å²) >= 11 is 0. The highest BCUT2D eigenvalue weighted by atomic mass is 16.1. The molecule has 0 fully saturated rings. The molecule has 1 N–H and O–H groups in total. The third-order valence-electron chi connectivity index (χ3n) is 1.86. The van der Waals surface area contributed by atoms with Crippen molar-refractivity contribution in [3.63, 3.8) is 0 Å². The lowest BCUT2D eigenvalue weighted by Gasteiger charge is -2.11. The van der Waals surface area contributed by atoms with Gasteiger partial charge in [-0.15, -0.1) is 0 Å². The van der Waals surface area contributed by atoms with E-state index in [4.69, 9.17) is 0 Å². The van der Waals surface area contributed by atoms with E-state index >= 15 is 0 Å². The molecule has 0 saturated heterocycles. The molecule has 0 aromatic heterocycles. The van der Waals surface area contributed by atoms with Crippen LogP contribution in [0.5, 0.6) is 0 Å². The van der Waals surface area contributed by atoms with Crippen molar-refractivity contribution in [2.45, 2.75) is 12.5 Å². The molecule has 0 bridgehead atoms. The van der Waals surface area contributed by atoms with E-state index < -0.39 is 0 Å². The van der Waals surface area contributed by atoms with Crippen molar-refractivity contribution >= 4 is 5.91 Å². The Morgan fingerprint density at radius 2 is 2.07 bits per heavy atom. The number of carbonyl (C=O) groups is 1. The Balaban J connectivity index is 2.45. The van der Waals surface area contributed by atoms with Gasteiger partial charge in [0.2, 0.25) is 5.91 Å². The van der Waals surface area contributed by atoms with Gasteiger partial charge >= 0.3 is 0 Å². The zero-order valence-electron chi connectivity index (χ0n) is 8.07. The molecule has 1 aromatic carbocycles. The SMILES string of the molecule is [CH2]C(Cc1ccccc1)NC(=O)C=C. The number of amides is 1. The van der Waals surface area contributed by atoms with Gasteiger partial charge in [-0.2, -0.15) is 0 Å². The van der Waals surface area contributed by atoms with Crippen molar-refractivity contribution in [1.82, 2.24) is 5.32 Å². The van der Waals surface area contributed by atoms with Crippen LogP contribution in [-0.4, -0.2) is 11.9 Å². The second-order valence-electron chi connectivity index (χ2n) is 3.10. The van der Waals surface area contributed by atoms with E-state index in [2.05, 4.69) is 18.8 Å². The summed E-state index contributed by atoms with van der Waals surface area (Å²) < 4.78 is 0. The van der Waals surface area contributed by atoms with Gasteiger partial charge in [-0.1, -0.05) is 36.9 Å². The monoisotopic (exact) mass is 188 g/mol. The van der Waals surface area contributed by atoms with Crippen molar-refractivity contribution in [2.75, 3.05) is 0 Å². The summed E-state index contributed by atoms with van der Waals surface area (Å²) in [5.41, 5.74) is 1.16. The lowest BCUT2D eigenvalue weighted by Crippen LogP contribution is -2.32. The number of hydrogen-bond donors (Lipinski definition) is 1. The molecule has 1 aromatic rings. The maximum Gasteiger partial charge on any atom is 0.243 e. The van der Waals surface area contributed by atoms with Crippen LogP contribution >= 0.6 is 0 Å². The van der Waals surface area contributed by atoms with E-state index in [-0.39, 0.29) is 11.9 Å². The average Bonchev–Trinajstić information content (AvgIpc) is 2.19. The minimum atomic E-state index is -0.180. The molecule has 1 amide bonds. The van der Waals surface area contributed by atoms with Gasteiger partial charge in [-0.05, 0) is 25.0 Å². The zero-order chi connectivity index (χ0) is 10.4. The second-order valence-corrected chi connectivity index (χ2v) is 3.10. The molecule has 1 unspecified atom stereocenters. The molecule has 0 aliphatic heterocycles. The molecule has 73 valence electrons. The summed E-state index contributed by atoms with van der Waals surface area (Å²) in [5.74, 6) is -0.180. The van der Waals surface area contributed by atoms with Crippen molar-refractivity contribution in [1.29, 1.82) is 0 Å². The highest BCUT2D eigenvalue weighted by Gasteiger charge is 2.04. The molecule has 2 heteroatoms. The summed E-state index contributed by atoms with van der Waals surface area (Å²) in [7, 11) is 0. The molecular formula is C12H14NO. The van der Waals surface area contributed by atoms with Crippen LogP contribution in [0.1, 0.15) is 5.56 Å². The van der Waals surface area contributed by atoms with E-state index in [1.165, 1.54) is 6.08 Å². The Hall–Kier alpha value is -1.57. The fourth-order valence-corrected chi connectivity index (χ4v) is 1.21. The van der Waals surface area contributed by atoms with E-state index in [0.29, 0.717) is 0 Å². The Morgan fingerprint density at radius 3 is 2.64 bits per heavy atom. The van der Waals surface area contributed by atoms with Gasteiger partial charge in [0.15, 0.2) is 0 Å². The molecule has 14 heavy (non-hydrogen) atoms. The largest absolute Gasteiger partial charge is 0.350 e. The predicted molar refractivity (Wildman–Crippen MR) is 57.6 cm³/mol. The predicted octanol–water partition coefficient (Wildman–Crippen LogP) is 1.73. The normalized spacial score (nSPS) is 11.8. The maximum absolute atomic E-state index is 10.9. The number of hydrogen-bond acceptors (Lipinski definition) is 1. The second kappa shape index (κ2) is 5.22. The average molecular weight is 188 g/mol. The molecule has 1 rings (SSSR count). The molecule has 0 aliphatic carbocycles. The van der Waals surface area contributed by atoms with Crippen LogP contribution in [0.25, 0.3) is 0 Å². The highest BCUT2D eigenvalue weighted by Crippen LogP contribution is 2.02. The minimum Gasteiger partial charge on any atom is -0.350 e. The van der Waals surface area contributed by atoms with E-state index in [9.17, 15) is 4.79 Å². The fraction of sp³-hybridized carbons (Fsp3) is 0.167. The van der Waals surface area contributed by atoms with Crippen molar-refractivity contribution in [2.24, 2.45) is 0 Å². The third-order valence-corrected chi connectivity index (χ3v) is 1.86. The highest BCUT2D eigenvalue weighted by molar-refractivity contribution is 5.87. The molecule has 1 atom stereocenters. The fourth-order valence-electron chi connectivity index (χ4n) is 1.21. The topological polar surface area (TPSA) is 29.1 Å². The van der Waals surface area contributed by atoms with E-state index in [1.54, 1.807) is 0 Å². The molecule has 1 radical (unpaired) electrons. The summed E-state index contributed by atoms with van der Waals surface area (Å²) in [6, 6.07) is 9.82. The zero-order valence-corrected chi connectivity index (χ0v) is 8.07. The van der Waals surface area contributed by atoms with Crippen LogP contribution in [0.15, 0.2) is 43.0 Å². The Labute approximate surface area is 84.6 Å². The number of rotatable bonds is 4. The molecule has 0 heterocycles. The maximum atomic E-state index is 10.9. The third kappa shape index (κ3) is 3.44. The first-order valence-electron chi connectivity index (χ1n) is 4.52. The first-order valence-corrected chi connectivity index (χ1v) is 4.52. The van der Waals surface area contributed by atoms with Gasteiger partial charge < -0.3 is 5.32 Å². The van der Waals surface area contributed by atoms with Crippen LogP contribution < -0.4 is 5.32 Å². The van der Waals surface area contributed by atoms with Gasteiger partial charge in [0, 0.05) is 6.04 Å². The molecule has 0 aliphatic rings. The van der Waals surface area contributed by atoms with Gasteiger partial charge in [0.1, 0.15) is 0 Å². The lowest BCUT2D eigenvalue weighted by atomic mass is 10.1. The van der Waals surface area contributed by atoms with Crippen LogP contribution in [0.4, 0.5) is 0 Å². The summed E-state index contributed by atoms with van der Waals surface area (Å²) in [4.78, 5) is 10.9. The first-order chi connectivity index (χ1) is 6.72. The van der Waals surface area contributed by atoms with Gasteiger partial charge in [-0.25, -0.2) is 0 Å². The molecule has 0 saturated carbocycles. The summed E-state index contributed by atoms with van der Waals surface area (Å²) in [6.45, 7) is 7.22. The molecular weight excluding hydrogens is 174 g/mol. The molecule has 0 spiro atoms. The first kappa shape index (κ1) is 10.5. The number of nitrogens with one attached hydrogen (secondary N) is 1. The van der Waals surface area contributed by atoms with Crippen molar-refractivity contribution in [3.05, 3.63) is 55.5 Å². The number of benzene rings is 1. The van der Waals surface area contributed by atoms with Crippen LogP contribution in [0, 0.1) is 6.92 Å². The van der Waals surface area contributed by atoms with E-state index in [1.807, 2.05) is 30.3 Å². The Kier molecular flexibility index (Phi) is 3.92. The van der Waals surface area contributed by atoms with Gasteiger partial charge in [0.25, 0.3) is 0 Å². The quantitative estimate of drug-likeness (QED) is 0.716. The van der Waals surface area contributed by atoms with Crippen LogP contribution in [-0.2, 0) is 11.2 Å². The lowest BCUT2D eigenvalue weighted by molar-refractivity contribution is -0.116. The van der Waals surface area contributed by atoms with Crippen molar-refractivity contribution in [3.8, 4) is 0 Å². The smallest absolute Gasteiger partial charge is 0.243 e. The van der Waals surface area contributed by atoms with Crippen molar-refractivity contribution < 1.29 is 4.79 Å². The van der Waals surface area contributed by atoms with Gasteiger partial charge in [-0.3, -0.25) is 4.79 Å². The van der Waals surface area contributed by atoms with Gasteiger partial charge in [0.05, 0.1) is 0 Å². The van der Waals surface area contributed by atoms with Crippen LogP contribution in [0.2, 0.25) is 0 Å².